The molecule has 24 heavy (non-hydrogen) atoms. The summed E-state index contributed by atoms with van der Waals surface area (Å²) in [6.45, 7) is 9.83. The monoisotopic (exact) mass is 327 g/mol. The summed E-state index contributed by atoms with van der Waals surface area (Å²) in [6, 6.07) is 8.34. The predicted octanol–water partition coefficient (Wildman–Crippen LogP) is 4.29. The van der Waals surface area contributed by atoms with Gasteiger partial charge in [0.2, 0.25) is 0 Å². The number of hydrogen-bond acceptors (Lipinski definition) is 3. The van der Waals surface area contributed by atoms with Gasteiger partial charge in [0.15, 0.2) is 0 Å². The Hall–Kier alpha value is -2.13. The van der Waals surface area contributed by atoms with E-state index in [1.165, 1.54) is 16.7 Å². The van der Waals surface area contributed by atoms with E-state index in [0.717, 1.165) is 6.42 Å². The summed E-state index contributed by atoms with van der Waals surface area (Å²) < 4.78 is 5.02. The summed E-state index contributed by atoms with van der Waals surface area (Å²) in [5.41, 5.74) is 9.74. The van der Waals surface area contributed by atoms with E-state index in [-0.39, 0.29) is 17.9 Å². The smallest absolute Gasteiger partial charge is 0.308 e. The predicted molar refractivity (Wildman–Crippen MR) is 102 cm³/mol. The lowest BCUT2D eigenvalue weighted by molar-refractivity contribution is -0.147. The van der Waals surface area contributed by atoms with Crippen LogP contribution in [0.3, 0.4) is 0 Å². The number of rotatable bonds is 9. The molecule has 2 atom stereocenters. The van der Waals surface area contributed by atoms with Crippen molar-refractivity contribution in [3.8, 4) is 0 Å². The molecule has 0 aliphatic heterocycles. The van der Waals surface area contributed by atoms with Crippen LogP contribution in [0, 0.1) is 5.92 Å². The lowest BCUT2D eigenvalue weighted by Crippen LogP contribution is -2.29. The van der Waals surface area contributed by atoms with E-state index in [9.17, 15) is 4.79 Å². The Labute approximate surface area is 145 Å². The summed E-state index contributed by atoms with van der Waals surface area (Å²) in [5, 5.41) is 0. The Kier molecular flexibility index (Phi) is 8.80. The van der Waals surface area contributed by atoms with Gasteiger partial charge >= 0.3 is 5.97 Å². The molecule has 0 fully saturated rings. The molecule has 0 heterocycles. The second kappa shape index (κ2) is 10.6. The topological polar surface area (TPSA) is 52.3 Å². The Morgan fingerprint density at radius 1 is 1.29 bits per heavy atom. The first kappa shape index (κ1) is 19.9. The van der Waals surface area contributed by atoms with E-state index < -0.39 is 0 Å². The molecule has 1 rings (SSSR count). The molecule has 0 aromatic heterocycles. The quantitative estimate of drug-likeness (QED) is 0.544. The molecule has 0 aliphatic carbocycles. The van der Waals surface area contributed by atoms with Crippen LogP contribution in [-0.4, -0.2) is 18.6 Å². The molecule has 1 aromatic rings. The van der Waals surface area contributed by atoms with Gasteiger partial charge < -0.3 is 10.5 Å². The first-order chi connectivity index (χ1) is 11.5. The van der Waals surface area contributed by atoms with Crippen molar-refractivity contribution in [3.63, 3.8) is 0 Å². The Morgan fingerprint density at radius 2 is 1.96 bits per heavy atom. The van der Waals surface area contributed by atoms with Crippen LogP contribution >= 0.6 is 0 Å². The summed E-state index contributed by atoms with van der Waals surface area (Å²) in [4.78, 5) is 11.7. The third-order valence-corrected chi connectivity index (χ3v) is 3.85. The van der Waals surface area contributed by atoms with E-state index in [0.29, 0.717) is 13.0 Å². The summed E-state index contributed by atoms with van der Waals surface area (Å²) in [5.74, 6) is -0.335. The van der Waals surface area contributed by atoms with Gasteiger partial charge in [-0.15, -0.1) is 0 Å². The van der Waals surface area contributed by atoms with Gasteiger partial charge in [-0.2, -0.15) is 0 Å². The Morgan fingerprint density at radius 3 is 2.54 bits per heavy atom. The third-order valence-electron chi connectivity index (χ3n) is 3.85. The van der Waals surface area contributed by atoms with Gasteiger partial charge in [-0.05, 0) is 43.4 Å². The zero-order valence-electron chi connectivity index (χ0n) is 15.0. The van der Waals surface area contributed by atoms with Crippen molar-refractivity contribution in [1.82, 2.24) is 0 Å². The minimum absolute atomic E-state index is 0.0533. The van der Waals surface area contributed by atoms with Crippen molar-refractivity contribution in [3.05, 3.63) is 66.3 Å². The fraction of sp³-hybridized carbons (Fsp3) is 0.381. The van der Waals surface area contributed by atoms with E-state index >= 15 is 0 Å². The van der Waals surface area contributed by atoms with Crippen LogP contribution in [0.5, 0.6) is 0 Å². The molecule has 0 aliphatic rings. The van der Waals surface area contributed by atoms with E-state index in [4.69, 9.17) is 10.5 Å². The van der Waals surface area contributed by atoms with Crippen molar-refractivity contribution in [1.29, 1.82) is 0 Å². The zero-order valence-corrected chi connectivity index (χ0v) is 15.0. The van der Waals surface area contributed by atoms with Crippen molar-refractivity contribution < 1.29 is 9.53 Å². The maximum atomic E-state index is 11.7. The van der Waals surface area contributed by atoms with Crippen LogP contribution in [0.15, 0.2) is 55.1 Å². The molecule has 2 N–H and O–H groups in total. The number of esters is 1. The van der Waals surface area contributed by atoms with Crippen LogP contribution < -0.4 is 5.73 Å². The molecule has 3 nitrogen and oxygen atoms in total. The number of hydrogen-bond donors (Lipinski definition) is 1. The summed E-state index contributed by atoms with van der Waals surface area (Å²) in [6.07, 6.45) is 9.08. The van der Waals surface area contributed by atoms with Gasteiger partial charge in [0.1, 0.15) is 0 Å². The number of ether oxygens (including phenoxy) is 1. The van der Waals surface area contributed by atoms with Gasteiger partial charge in [0.25, 0.3) is 0 Å². The number of allylic oxidation sites excluding steroid dienone is 5. The van der Waals surface area contributed by atoms with Gasteiger partial charge in [-0.1, -0.05) is 62.1 Å². The van der Waals surface area contributed by atoms with E-state index in [2.05, 4.69) is 43.8 Å². The second-order valence-corrected chi connectivity index (χ2v) is 6.02. The SMILES string of the molecule is C=C/C=C\C=C(/C)c1ccc(CC(N)C[C@@H](C)C(=O)OCC)cc1. The second-order valence-electron chi connectivity index (χ2n) is 6.02. The van der Waals surface area contributed by atoms with Crippen molar-refractivity contribution in [2.24, 2.45) is 11.7 Å². The van der Waals surface area contributed by atoms with Crippen molar-refractivity contribution >= 4 is 11.5 Å². The fourth-order valence-electron chi connectivity index (χ4n) is 2.50. The van der Waals surface area contributed by atoms with E-state index in [1.54, 1.807) is 6.08 Å². The summed E-state index contributed by atoms with van der Waals surface area (Å²) in [7, 11) is 0. The van der Waals surface area contributed by atoms with Crippen LogP contribution in [0.1, 0.15) is 38.3 Å². The Balaban J connectivity index is 2.60. The molecule has 0 saturated heterocycles. The molecule has 0 radical (unpaired) electrons. The maximum Gasteiger partial charge on any atom is 0.308 e. The first-order valence-electron chi connectivity index (χ1n) is 8.45. The molecular weight excluding hydrogens is 298 g/mol. The molecule has 0 saturated carbocycles. The number of carbonyl (C=O) groups is 1. The molecule has 1 aromatic carbocycles. The highest BCUT2D eigenvalue weighted by atomic mass is 16.5. The minimum Gasteiger partial charge on any atom is -0.466 e. The minimum atomic E-state index is -0.170. The van der Waals surface area contributed by atoms with Crippen LogP contribution in [-0.2, 0) is 16.0 Å². The first-order valence-corrected chi connectivity index (χ1v) is 8.45. The highest BCUT2D eigenvalue weighted by Crippen LogP contribution is 2.17. The molecule has 3 heteroatoms. The number of nitrogens with two attached hydrogens (primary N) is 1. The van der Waals surface area contributed by atoms with Gasteiger partial charge in [0, 0.05) is 6.04 Å². The average molecular weight is 327 g/mol. The molecule has 1 unspecified atom stereocenters. The van der Waals surface area contributed by atoms with E-state index in [1.807, 2.05) is 26.0 Å². The van der Waals surface area contributed by atoms with Crippen molar-refractivity contribution in [2.75, 3.05) is 6.61 Å². The number of carbonyl (C=O) groups excluding carboxylic acids is 1. The van der Waals surface area contributed by atoms with Crippen LogP contribution in [0.25, 0.3) is 5.57 Å². The van der Waals surface area contributed by atoms with Gasteiger partial charge in [-0.25, -0.2) is 0 Å². The molecule has 130 valence electrons. The summed E-state index contributed by atoms with van der Waals surface area (Å²) >= 11 is 0. The average Bonchev–Trinajstić information content (AvgIpc) is 2.55. The lowest BCUT2D eigenvalue weighted by atomic mass is 9.95. The van der Waals surface area contributed by atoms with Gasteiger partial charge in [0.05, 0.1) is 12.5 Å². The molecule has 0 amide bonds. The van der Waals surface area contributed by atoms with Crippen LogP contribution in [0.4, 0.5) is 0 Å². The molecule has 0 spiro atoms. The highest BCUT2D eigenvalue weighted by molar-refractivity contribution is 5.72. The lowest BCUT2D eigenvalue weighted by Gasteiger charge is -2.16. The Bertz CT molecular complexity index is 584. The van der Waals surface area contributed by atoms with Crippen LogP contribution in [0.2, 0.25) is 0 Å². The zero-order chi connectivity index (χ0) is 17.9. The van der Waals surface area contributed by atoms with Gasteiger partial charge in [-0.3, -0.25) is 4.79 Å². The largest absolute Gasteiger partial charge is 0.466 e. The standard InChI is InChI=1S/C21H29NO2/c1-5-7-8-9-16(3)19-12-10-18(11-13-19)15-20(22)14-17(4)21(23)24-6-2/h5,7-13,17,20H,1,6,14-15,22H2,2-4H3/b8-7-,16-9+/t17-,20?/m1/s1. The number of benzene rings is 1. The third kappa shape index (κ3) is 6.97. The fourth-order valence-corrected chi connectivity index (χ4v) is 2.50. The van der Waals surface area contributed by atoms with Crippen molar-refractivity contribution in [2.45, 2.75) is 39.7 Å². The highest BCUT2D eigenvalue weighted by Gasteiger charge is 2.17. The molecule has 0 bridgehead atoms. The maximum absolute atomic E-state index is 11.7. The molecular formula is C21H29NO2. The normalized spacial score (nSPS) is 14.4.